The number of amides is 3. The first-order valence-corrected chi connectivity index (χ1v) is 13.3. The fourth-order valence-corrected chi connectivity index (χ4v) is 6.47. The van der Waals surface area contributed by atoms with E-state index in [1.165, 1.54) is 17.3 Å². The van der Waals surface area contributed by atoms with Gasteiger partial charge in [-0.15, -0.1) is 11.8 Å². The zero-order chi connectivity index (χ0) is 25.4. The van der Waals surface area contributed by atoms with Crippen LogP contribution in [0.15, 0.2) is 66.7 Å². The van der Waals surface area contributed by atoms with Crippen LogP contribution >= 0.6 is 23.4 Å². The summed E-state index contributed by atoms with van der Waals surface area (Å²) >= 11 is 7.92. The Bertz CT molecular complexity index is 1310. The summed E-state index contributed by atoms with van der Waals surface area (Å²) in [6, 6.07) is 20.6. The maximum atomic E-state index is 14.2. The fourth-order valence-electron chi connectivity index (χ4n) is 4.82. The summed E-state index contributed by atoms with van der Waals surface area (Å²) in [6.07, 6.45) is 0. The molecule has 8 heteroatoms. The van der Waals surface area contributed by atoms with Crippen LogP contribution in [0.2, 0.25) is 5.02 Å². The Kier molecular flexibility index (Phi) is 6.62. The number of thioether (sulfide) groups is 1. The second kappa shape index (κ2) is 9.71. The van der Waals surface area contributed by atoms with Crippen LogP contribution in [-0.2, 0) is 16.2 Å². The molecular formula is C28H28ClN3O3S. The zero-order valence-corrected chi connectivity index (χ0v) is 22.0. The van der Waals surface area contributed by atoms with E-state index in [0.29, 0.717) is 41.2 Å². The van der Waals surface area contributed by atoms with Crippen molar-refractivity contribution >= 4 is 46.7 Å². The maximum absolute atomic E-state index is 14.2. The van der Waals surface area contributed by atoms with Gasteiger partial charge >= 0.3 is 6.03 Å². The molecule has 0 aliphatic carbocycles. The highest BCUT2D eigenvalue weighted by Gasteiger charge is 2.59. The van der Waals surface area contributed by atoms with Crippen LogP contribution in [0.1, 0.15) is 36.5 Å². The van der Waals surface area contributed by atoms with Gasteiger partial charge in [-0.2, -0.15) is 0 Å². The van der Waals surface area contributed by atoms with Crippen molar-refractivity contribution in [1.29, 1.82) is 0 Å². The summed E-state index contributed by atoms with van der Waals surface area (Å²) in [5, 5.41) is 3.60. The Morgan fingerprint density at radius 2 is 1.89 bits per heavy atom. The van der Waals surface area contributed by atoms with Gasteiger partial charge in [0, 0.05) is 28.6 Å². The van der Waals surface area contributed by atoms with E-state index in [-0.39, 0.29) is 11.9 Å². The standard InChI is InChI=1S/C28H28ClN3O3S/c1-18(2)19-8-10-21(11-9-19)30-27(34)32-14-15-36-28(32)23-16-22(35-3)12-13-25(23)31(26(28)33)17-20-6-4-5-7-24(20)29/h4-13,16,18H,14-15,17H2,1-3H3,(H,30,34). The highest BCUT2D eigenvalue weighted by Crippen LogP contribution is 2.55. The van der Waals surface area contributed by atoms with Crippen LogP contribution in [0.5, 0.6) is 5.75 Å². The molecule has 3 amide bonds. The number of rotatable bonds is 5. The third-order valence-electron chi connectivity index (χ3n) is 6.76. The average molecular weight is 522 g/mol. The number of hydrogen-bond donors (Lipinski definition) is 1. The van der Waals surface area contributed by atoms with Gasteiger partial charge in [0.15, 0.2) is 4.87 Å². The topological polar surface area (TPSA) is 61.9 Å². The van der Waals surface area contributed by atoms with E-state index in [4.69, 9.17) is 16.3 Å². The molecule has 0 aromatic heterocycles. The Morgan fingerprint density at radius 1 is 1.14 bits per heavy atom. The van der Waals surface area contributed by atoms with Crippen molar-refractivity contribution in [3.8, 4) is 5.75 Å². The molecule has 1 unspecified atom stereocenters. The lowest BCUT2D eigenvalue weighted by atomic mass is 10.0. The monoisotopic (exact) mass is 521 g/mol. The van der Waals surface area contributed by atoms with Gasteiger partial charge in [0.1, 0.15) is 5.75 Å². The van der Waals surface area contributed by atoms with Crippen LogP contribution in [0.25, 0.3) is 0 Å². The van der Waals surface area contributed by atoms with Crippen molar-refractivity contribution in [1.82, 2.24) is 4.90 Å². The molecular weight excluding hydrogens is 494 g/mol. The van der Waals surface area contributed by atoms with E-state index in [9.17, 15) is 9.59 Å². The molecule has 186 valence electrons. The predicted octanol–water partition coefficient (Wildman–Crippen LogP) is 6.45. The van der Waals surface area contributed by atoms with Crippen molar-refractivity contribution in [3.63, 3.8) is 0 Å². The first-order valence-electron chi connectivity index (χ1n) is 11.9. The van der Waals surface area contributed by atoms with E-state index in [0.717, 1.165) is 16.8 Å². The number of carbonyl (C=O) groups is 2. The number of fused-ring (bicyclic) bond motifs is 2. The number of halogens is 1. The molecule has 5 rings (SSSR count). The number of nitrogens with zero attached hydrogens (tertiary/aromatic N) is 2. The Hall–Kier alpha value is -3.16. The third kappa shape index (κ3) is 4.10. The molecule has 3 aromatic rings. The van der Waals surface area contributed by atoms with E-state index >= 15 is 0 Å². The Morgan fingerprint density at radius 3 is 2.58 bits per heavy atom. The molecule has 1 fully saturated rings. The van der Waals surface area contributed by atoms with E-state index in [1.54, 1.807) is 16.9 Å². The zero-order valence-electron chi connectivity index (χ0n) is 20.5. The van der Waals surface area contributed by atoms with Gasteiger partial charge in [-0.25, -0.2) is 4.79 Å². The van der Waals surface area contributed by atoms with Gasteiger partial charge in [-0.3, -0.25) is 9.69 Å². The average Bonchev–Trinajstić information content (AvgIpc) is 3.42. The molecule has 2 aliphatic heterocycles. The normalized spacial score (nSPS) is 18.8. The molecule has 0 saturated carbocycles. The minimum absolute atomic E-state index is 0.154. The molecule has 1 atom stereocenters. The fraction of sp³-hybridized carbons (Fsp3) is 0.286. The van der Waals surface area contributed by atoms with Gasteiger partial charge in [0.25, 0.3) is 5.91 Å². The van der Waals surface area contributed by atoms with Crippen molar-refractivity contribution < 1.29 is 14.3 Å². The molecule has 0 radical (unpaired) electrons. The molecule has 3 aromatic carbocycles. The molecule has 36 heavy (non-hydrogen) atoms. The summed E-state index contributed by atoms with van der Waals surface area (Å²) in [5.74, 6) is 1.53. The SMILES string of the molecule is COc1ccc2c(c1)C1(SCCN1C(=O)Nc1ccc(C(C)C)cc1)C(=O)N2Cc1ccccc1Cl. The predicted molar refractivity (Wildman–Crippen MR) is 146 cm³/mol. The smallest absolute Gasteiger partial charge is 0.323 e. The second-order valence-corrected chi connectivity index (χ2v) is 10.9. The van der Waals surface area contributed by atoms with Crippen LogP contribution in [-0.4, -0.2) is 36.2 Å². The molecule has 0 bridgehead atoms. The molecule has 1 N–H and O–H groups in total. The van der Waals surface area contributed by atoms with Gasteiger partial charge in [0.05, 0.1) is 19.3 Å². The van der Waals surface area contributed by atoms with Gasteiger partial charge < -0.3 is 15.0 Å². The van der Waals surface area contributed by atoms with Crippen molar-refractivity contribution in [2.24, 2.45) is 0 Å². The summed E-state index contributed by atoms with van der Waals surface area (Å²) in [5.41, 5.74) is 4.25. The Labute approximate surface area is 220 Å². The van der Waals surface area contributed by atoms with Crippen LogP contribution in [0.4, 0.5) is 16.2 Å². The van der Waals surface area contributed by atoms with Crippen molar-refractivity contribution in [3.05, 3.63) is 88.4 Å². The molecule has 2 heterocycles. The second-order valence-electron chi connectivity index (χ2n) is 9.22. The summed E-state index contributed by atoms with van der Waals surface area (Å²) in [7, 11) is 1.60. The van der Waals surface area contributed by atoms with E-state index in [1.807, 2.05) is 66.7 Å². The first kappa shape index (κ1) is 24.5. The number of urea groups is 1. The van der Waals surface area contributed by atoms with Crippen molar-refractivity contribution in [2.45, 2.75) is 31.2 Å². The summed E-state index contributed by atoms with van der Waals surface area (Å²) < 4.78 is 5.49. The number of methoxy groups -OCH3 is 1. The molecule has 1 saturated heterocycles. The number of ether oxygens (including phenoxy) is 1. The number of benzene rings is 3. The van der Waals surface area contributed by atoms with Crippen LogP contribution < -0.4 is 15.0 Å². The van der Waals surface area contributed by atoms with E-state index in [2.05, 4.69) is 19.2 Å². The molecule has 6 nitrogen and oxygen atoms in total. The van der Waals surface area contributed by atoms with Crippen molar-refractivity contribution in [2.75, 3.05) is 29.6 Å². The molecule has 1 spiro atoms. The van der Waals surface area contributed by atoms with E-state index < -0.39 is 4.87 Å². The molecule has 2 aliphatic rings. The Balaban J connectivity index is 1.51. The highest BCUT2D eigenvalue weighted by molar-refractivity contribution is 8.01. The highest BCUT2D eigenvalue weighted by atomic mass is 35.5. The third-order valence-corrected chi connectivity index (χ3v) is 8.55. The maximum Gasteiger partial charge on any atom is 0.323 e. The summed E-state index contributed by atoms with van der Waals surface area (Å²) in [6.45, 7) is 5.02. The first-order chi connectivity index (χ1) is 17.3. The lowest BCUT2D eigenvalue weighted by Crippen LogP contribution is -2.51. The largest absolute Gasteiger partial charge is 0.497 e. The minimum Gasteiger partial charge on any atom is -0.497 e. The summed E-state index contributed by atoms with van der Waals surface area (Å²) in [4.78, 5) is 30.0. The number of anilines is 2. The van der Waals surface area contributed by atoms with Crippen LogP contribution in [0, 0.1) is 0 Å². The lowest BCUT2D eigenvalue weighted by molar-refractivity contribution is -0.123. The number of nitrogens with one attached hydrogen (secondary N) is 1. The number of hydrogen-bond acceptors (Lipinski definition) is 4. The lowest BCUT2D eigenvalue weighted by Gasteiger charge is -2.33. The minimum atomic E-state index is -1.17. The van der Waals surface area contributed by atoms with Crippen LogP contribution in [0.3, 0.4) is 0 Å². The quantitative estimate of drug-likeness (QED) is 0.419. The van der Waals surface area contributed by atoms with Gasteiger partial charge in [-0.05, 0) is 53.4 Å². The van der Waals surface area contributed by atoms with Gasteiger partial charge in [0.2, 0.25) is 0 Å². The number of carbonyl (C=O) groups excluding carboxylic acids is 2. The van der Waals surface area contributed by atoms with Gasteiger partial charge in [-0.1, -0.05) is 55.8 Å².